The van der Waals surface area contributed by atoms with Crippen LogP contribution in [-0.4, -0.2) is 72.4 Å². The van der Waals surface area contributed by atoms with Crippen LogP contribution in [0, 0.1) is 0 Å². The van der Waals surface area contributed by atoms with Crippen LogP contribution in [0.5, 0.6) is 0 Å². The van der Waals surface area contributed by atoms with Crippen molar-refractivity contribution in [2.24, 2.45) is 12.0 Å². The fourth-order valence-corrected chi connectivity index (χ4v) is 4.99. The van der Waals surface area contributed by atoms with Gasteiger partial charge >= 0.3 is 0 Å². The highest BCUT2D eigenvalue weighted by Crippen LogP contribution is 2.30. The lowest BCUT2D eigenvalue weighted by molar-refractivity contribution is 0.0921. The first-order valence-electron chi connectivity index (χ1n) is 13.6. The molecule has 3 atom stereocenters. The van der Waals surface area contributed by atoms with Crippen molar-refractivity contribution >= 4 is 23.5 Å². The third kappa shape index (κ3) is 6.40. The summed E-state index contributed by atoms with van der Waals surface area (Å²) in [5.74, 6) is -0.253. The molecule has 1 aromatic carbocycles. The molecular weight excluding hydrogens is 508 g/mol. The number of hydrogen-bond donors (Lipinski definition) is 4. The zero-order chi connectivity index (χ0) is 28.4. The topological polar surface area (TPSA) is 138 Å². The van der Waals surface area contributed by atoms with E-state index in [1.54, 1.807) is 34.9 Å². The van der Waals surface area contributed by atoms with Crippen molar-refractivity contribution in [1.82, 2.24) is 40.3 Å². The Hall–Kier alpha value is -4.03. The molecule has 2 aliphatic rings. The normalized spacial score (nSPS) is 20.2. The lowest BCUT2D eigenvalue weighted by atomic mass is 9.95. The highest BCUT2D eigenvalue weighted by Gasteiger charge is 2.27. The Morgan fingerprint density at radius 1 is 1.27 bits per heavy atom. The van der Waals surface area contributed by atoms with Gasteiger partial charge in [0, 0.05) is 44.8 Å². The maximum absolute atomic E-state index is 13.2. The van der Waals surface area contributed by atoms with Crippen LogP contribution in [0.4, 0.5) is 5.69 Å². The largest absolute Gasteiger partial charge is 0.392 e. The zero-order valence-electron chi connectivity index (χ0n) is 23.7. The monoisotopic (exact) mass is 546 g/mol. The van der Waals surface area contributed by atoms with E-state index in [0.29, 0.717) is 25.2 Å². The SMILES string of the molecule is C[C@@H](O)CN1CC[C@@H](NC(=O)c2cn(C(C)(C)C)nn2)c2ccc(C3=CC=NC(Nc4cnn(C)c4)N3)cc2C1. The second kappa shape index (κ2) is 11.2. The average molecular weight is 547 g/mol. The molecule has 2 aromatic heterocycles. The van der Waals surface area contributed by atoms with Crippen LogP contribution in [0.15, 0.2) is 47.9 Å². The Balaban J connectivity index is 1.37. The van der Waals surface area contributed by atoms with Crippen LogP contribution in [0.3, 0.4) is 0 Å². The van der Waals surface area contributed by atoms with Gasteiger partial charge in [0.15, 0.2) is 12.0 Å². The molecule has 0 spiro atoms. The van der Waals surface area contributed by atoms with E-state index in [-0.39, 0.29) is 23.8 Å². The number of nitrogens with one attached hydrogen (secondary N) is 3. The predicted molar refractivity (Wildman–Crippen MR) is 153 cm³/mol. The number of aliphatic hydroxyl groups excluding tert-OH is 1. The van der Waals surface area contributed by atoms with Gasteiger partial charge in [-0.15, -0.1) is 5.10 Å². The molecule has 4 N–H and O–H groups in total. The number of aryl methyl sites for hydroxylation is 1. The highest BCUT2D eigenvalue weighted by atomic mass is 16.3. The number of aromatic nitrogens is 5. The van der Waals surface area contributed by atoms with Crippen molar-refractivity contribution in [2.45, 2.75) is 64.6 Å². The summed E-state index contributed by atoms with van der Waals surface area (Å²) in [5.41, 5.74) is 5.00. The van der Waals surface area contributed by atoms with Crippen LogP contribution < -0.4 is 16.0 Å². The fraction of sp³-hybridized carbons (Fsp3) is 0.464. The van der Waals surface area contributed by atoms with Gasteiger partial charge in [0.05, 0.1) is 35.8 Å². The average Bonchev–Trinajstić information content (AvgIpc) is 3.52. The third-order valence-electron chi connectivity index (χ3n) is 6.98. The van der Waals surface area contributed by atoms with E-state index in [2.05, 4.69) is 59.5 Å². The van der Waals surface area contributed by atoms with Gasteiger partial charge in [0.1, 0.15) is 0 Å². The van der Waals surface area contributed by atoms with E-state index in [1.807, 2.05) is 40.1 Å². The van der Waals surface area contributed by atoms with Gasteiger partial charge in [-0.25, -0.2) is 9.67 Å². The molecule has 1 amide bonds. The Labute approximate surface area is 234 Å². The molecule has 4 heterocycles. The van der Waals surface area contributed by atoms with Gasteiger partial charge in [-0.2, -0.15) is 5.10 Å². The van der Waals surface area contributed by atoms with Crippen LogP contribution >= 0.6 is 0 Å². The quantitative estimate of drug-likeness (QED) is 0.354. The Bertz CT molecular complexity index is 1410. The molecule has 40 heavy (non-hydrogen) atoms. The number of aliphatic imine (C=N–C) groups is 1. The van der Waals surface area contributed by atoms with E-state index in [4.69, 9.17) is 0 Å². The molecule has 2 aliphatic heterocycles. The van der Waals surface area contributed by atoms with E-state index >= 15 is 0 Å². The molecule has 0 saturated carbocycles. The Kier molecular flexibility index (Phi) is 7.72. The van der Waals surface area contributed by atoms with Crippen molar-refractivity contribution in [1.29, 1.82) is 0 Å². The Morgan fingerprint density at radius 2 is 2.10 bits per heavy atom. The molecule has 212 valence electrons. The number of carbonyl (C=O) groups is 1. The summed E-state index contributed by atoms with van der Waals surface area (Å²) in [6, 6.07) is 6.11. The number of carbonyl (C=O) groups excluding carboxylic acids is 1. The lowest BCUT2D eigenvalue weighted by Gasteiger charge is -2.24. The maximum Gasteiger partial charge on any atom is 0.273 e. The second-order valence-corrected chi connectivity index (χ2v) is 11.5. The number of hydrogen-bond acceptors (Lipinski definition) is 9. The summed E-state index contributed by atoms with van der Waals surface area (Å²) < 4.78 is 3.43. The van der Waals surface area contributed by atoms with Crippen molar-refractivity contribution in [2.75, 3.05) is 18.4 Å². The van der Waals surface area contributed by atoms with Gasteiger partial charge in [0.2, 0.25) is 0 Å². The molecule has 12 nitrogen and oxygen atoms in total. The summed E-state index contributed by atoms with van der Waals surface area (Å²) in [4.78, 5) is 19.9. The van der Waals surface area contributed by atoms with E-state index < -0.39 is 6.10 Å². The number of fused-ring (bicyclic) bond motifs is 1. The molecule has 1 unspecified atom stereocenters. The van der Waals surface area contributed by atoms with Gasteiger partial charge in [0.25, 0.3) is 5.91 Å². The molecule has 0 bridgehead atoms. The maximum atomic E-state index is 13.2. The molecule has 0 radical (unpaired) electrons. The number of amides is 1. The van der Waals surface area contributed by atoms with Crippen LogP contribution in [0.1, 0.15) is 67.3 Å². The van der Waals surface area contributed by atoms with E-state index in [1.165, 1.54) is 0 Å². The van der Waals surface area contributed by atoms with Gasteiger partial charge in [-0.05, 0) is 62.9 Å². The van der Waals surface area contributed by atoms with Gasteiger partial charge < -0.3 is 21.1 Å². The van der Waals surface area contributed by atoms with Crippen molar-refractivity contribution in [3.05, 3.63) is 65.2 Å². The smallest absolute Gasteiger partial charge is 0.273 e. The first-order valence-corrected chi connectivity index (χ1v) is 13.6. The number of aliphatic hydroxyl groups is 1. The van der Waals surface area contributed by atoms with Gasteiger partial charge in [-0.1, -0.05) is 17.3 Å². The molecular formula is C28H38N10O2. The van der Waals surface area contributed by atoms with E-state index in [0.717, 1.165) is 34.6 Å². The first-order chi connectivity index (χ1) is 19.0. The summed E-state index contributed by atoms with van der Waals surface area (Å²) in [5, 5.41) is 32.5. The minimum absolute atomic E-state index is 0.204. The summed E-state index contributed by atoms with van der Waals surface area (Å²) in [7, 11) is 1.87. The minimum atomic E-state index is -0.455. The number of anilines is 1. The molecule has 5 rings (SSSR count). The van der Waals surface area contributed by atoms with Crippen molar-refractivity contribution < 1.29 is 9.90 Å². The summed E-state index contributed by atoms with van der Waals surface area (Å²) in [6.45, 7) is 9.79. The molecule has 3 aromatic rings. The van der Waals surface area contributed by atoms with Crippen LogP contribution in [-0.2, 0) is 19.1 Å². The third-order valence-corrected chi connectivity index (χ3v) is 6.98. The molecule has 0 aliphatic carbocycles. The predicted octanol–water partition coefficient (Wildman–Crippen LogP) is 2.23. The van der Waals surface area contributed by atoms with Gasteiger partial charge in [-0.3, -0.25) is 14.4 Å². The summed E-state index contributed by atoms with van der Waals surface area (Å²) in [6.07, 6.45) is 9.01. The number of β-amino-alcohol motifs (C(OH)–C–C–N with tert-alkyl or cyclic N) is 1. The molecule has 0 fully saturated rings. The Morgan fingerprint density at radius 3 is 2.80 bits per heavy atom. The fourth-order valence-electron chi connectivity index (χ4n) is 4.99. The summed E-state index contributed by atoms with van der Waals surface area (Å²) >= 11 is 0. The molecule has 0 saturated heterocycles. The number of benzene rings is 1. The zero-order valence-corrected chi connectivity index (χ0v) is 23.7. The first kappa shape index (κ1) is 27.5. The standard InChI is InChI=1S/C28H38N10O2/c1-18(39)14-37-11-9-24(32-26(40)25-17-38(35-34-25)28(2,3)4)22-7-6-19(12-20(22)15-37)23-8-10-29-27(33-23)31-21-13-30-36(5)16-21/h6-8,10,12-13,16-18,24,27,31,33,39H,9,11,14-15H2,1-5H3,(H,32,40)/t18-,24-,27?/m1/s1. The second-order valence-electron chi connectivity index (χ2n) is 11.5. The lowest BCUT2D eigenvalue weighted by Crippen LogP contribution is -2.35. The van der Waals surface area contributed by atoms with Crippen molar-refractivity contribution in [3.8, 4) is 0 Å². The highest BCUT2D eigenvalue weighted by molar-refractivity contribution is 5.92. The molecule has 12 heteroatoms. The van der Waals surface area contributed by atoms with E-state index in [9.17, 15) is 9.90 Å². The van der Waals surface area contributed by atoms with Crippen molar-refractivity contribution in [3.63, 3.8) is 0 Å². The number of nitrogens with zero attached hydrogens (tertiary/aromatic N) is 7. The number of rotatable bonds is 7. The van der Waals surface area contributed by atoms with Crippen LogP contribution in [0.2, 0.25) is 0 Å². The number of allylic oxidation sites excluding steroid dienone is 1. The van der Waals surface area contributed by atoms with Crippen LogP contribution in [0.25, 0.3) is 5.70 Å². The minimum Gasteiger partial charge on any atom is -0.392 e.